The van der Waals surface area contributed by atoms with Crippen molar-refractivity contribution >= 4 is 0 Å². The summed E-state index contributed by atoms with van der Waals surface area (Å²) in [6, 6.07) is 5.78. The summed E-state index contributed by atoms with van der Waals surface area (Å²) in [7, 11) is 0. The molecule has 0 saturated heterocycles. The molecule has 0 bridgehead atoms. The lowest BCUT2D eigenvalue weighted by atomic mass is 10.1. The van der Waals surface area contributed by atoms with Gasteiger partial charge in [-0.15, -0.1) is 6.42 Å². The number of nitrogens with one attached hydrogen (secondary N) is 1. The fraction of sp³-hybridized carbons (Fsp3) is 0.500. The van der Waals surface area contributed by atoms with Crippen LogP contribution < -0.4 is 14.8 Å². The van der Waals surface area contributed by atoms with Crippen LogP contribution in [0.5, 0.6) is 11.5 Å². The second-order valence-corrected chi connectivity index (χ2v) is 4.13. The number of rotatable bonds is 8. The molecule has 1 aromatic rings. The summed E-state index contributed by atoms with van der Waals surface area (Å²) in [6.45, 7) is 8.14. The molecule has 3 nitrogen and oxygen atoms in total. The van der Waals surface area contributed by atoms with Crippen LogP contribution in [0.25, 0.3) is 0 Å². The predicted molar refractivity (Wildman–Crippen MR) is 78.6 cm³/mol. The maximum absolute atomic E-state index is 5.61. The standard InChI is InChI=1S/C16H23NO2/c1-5-11-17-14(6-2)13-9-10-15(18-7-3)16(12-13)19-8-4/h2,9-10,12,14,17H,5,7-8,11H2,1,3-4H3. The van der Waals surface area contributed by atoms with Crippen LogP contribution in [-0.4, -0.2) is 19.8 Å². The van der Waals surface area contributed by atoms with Crippen LogP contribution in [0.1, 0.15) is 38.8 Å². The third-order valence-electron chi connectivity index (χ3n) is 2.67. The highest BCUT2D eigenvalue weighted by Crippen LogP contribution is 2.30. The first-order valence-corrected chi connectivity index (χ1v) is 6.85. The van der Waals surface area contributed by atoms with Gasteiger partial charge in [-0.05, 0) is 44.5 Å². The predicted octanol–water partition coefficient (Wildman–Crippen LogP) is 3.16. The molecule has 0 saturated carbocycles. The van der Waals surface area contributed by atoms with Gasteiger partial charge in [-0.3, -0.25) is 0 Å². The summed E-state index contributed by atoms with van der Waals surface area (Å²) in [5.41, 5.74) is 1.03. The first-order chi connectivity index (χ1) is 9.26. The van der Waals surface area contributed by atoms with Crippen LogP contribution in [0, 0.1) is 12.3 Å². The quantitative estimate of drug-likeness (QED) is 0.729. The zero-order valence-electron chi connectivity index (χ0n) is 12.0. The molecule has 19 heavy (non-hydrogen) atoms. The number of ether oxygens (including phenoxy) is 2. The van der Waals surface area contributed by atoms with Crippen molar-refractivity contribution in [2.75, 3.05) is 19.8 Å². The van der Waals surface area contributed by atoms with Gasteiger partial charge in [0.25, 0.3) is 0 Å². The van der Waals surface area contributed by atoms with Crippen molar-refractivity contribution in [1.82, 2.24) is 5.32 Å². The van der Waals surface area contributed by atoms with Crippen molar-refractivity contribution in [3.63, 3.8) is 0 Å². The van der Waals surface area contributed by atoms with E-state index in [1.807, 2.05) is 32.0 Å². The second-order valence-electron chi connectivity index (χ2n) is 4.13. The van der Waals surface area contributed by atoms with E-state index in [0.29, 0.717) is 13.2 Å². The molecule has 3 heteroatoms. The van der Waals surface area contributed by atoms with Crippen molar-refractivity contribution in [3.8, 4) is 23.8 Å². The van der Waals surface area contributed by atoms with Crippen molar-refractivity contribution < 1.29 is 9.47 Å². The third kappa shape index (κ3) is 4.50. The van der Waals surface area contributed by atoms with Gasteiger partial charge in [0.15, 0.2) is 11.5 Å². The Balaban J connectivity index is 2.95. The normalized spacial score (nSPS) is 11.7. The fourth-order valence-corrected chi connectivity index (χ4v) is 1.81. The lowest BCUT2D eigenvalue weighted by molar-refractivity contribution is 0.287. The van der Waals surface area contributed by atoms with Crippen LogP contribution in [0.4, 0.5) is 0 Å². The van der Waals surface area contributed by atoms with Crippen LogP contribution in [0.2, 0.25) is 0 Å². The average Bonchev–Trinajstić information content (AvgIpc) is 2.43. The molecular formula is C16H23NO2. The molecule has 1 rings (SSSR count). The highest BCUT2D eigenvalue weighted by Gasteiger charge is 2.11. The second kappa shape index (κ2) is 8.44. The molecule has 104 valence electrons. The molecule has 0 aliphatic rings. The van der Waals surface area contributed by atoms with E-state index in [-0.39, 0.29) is 6.04 Å². The molecule has 0 amide bonds. The Hall–Kier alpha value is -1.66. The third-order valence-corrected chi connectivity index (χ3v) is 2.67. The van der Waals surface area contributed by atoms with Gasteiger partial charge in [0.05, 0.1) is 19.3 Å². The van der Waals surface area contributed by atoms with E-state index in [1.165, 1.54) is 0 Å². The number of hydrogen-bond acceptors (Lipinski definition) is 3. The molecule has 1 N–H and O–H groups in total. The van der Waals surface area contributed by atoms with Crippen LogP contribution in [-0.2, 0) is 0 Å². The highest BCUT2D eigenvalue weighted by molar-refractivity contribution is 5.45. The van der Waals surface area contributed by atoms with Gasteiger partial charge in [-0.2, -0.15) is 0 Å². The summed E-state index contributed by atoms with van der Waals surface area (Å²) in [5.74, 6) is 4.28. The minimum absolute atomic E-state index is 0.0881. The summed E-state index contributed by atoms with van der Waals surface area (Å²) >= 11 is 0. The Bertz CT molecular complexity index is 423. The number of hydrogen-bond donors (Lipinski definition) is 1. The first kappa shape index (κ1) is 15.4. The molecule has 0 heterocycles. The highest BCUT2D eigenvalue weighted by atomic mass is 16.5. The van der Waals surface area contributed by atoms with Crippen LogP contribution in [0.3, 0.4) is 0 Å². The van der Waals surface area contributed by atoms with E-state index in [4.69, 9.17) is 15.9 Å². The van der Waals surface area contributed by atoms with E-state index in [1.54, 1.807) is 0 Å². The first-order valence-electron chi connectivity index (χ1n) is 6.85. The molecule has 0 aromatic heterocycles. The lowest BCUT2D eigenvalue weighted by Crippen LogP contribution is -2.20. The minimum atomic E-state index is -0.0881. The van der Waals surface area contributed by atoms with Crippen molar-refractivity contribution in [2.24, 2.45) is 0 Å². The van der Waals surface area contributed by atoms with Gasteiger partial charge in [0, 0.05) is 0 Å². The average molecular weight is 261 g/mol. The van der Waals surface area contributed by atoms with Gasteiger partial charge >= 0.3 is 0 Å². The molecule has 0 fully saturated rings. The van der Waals surface area contributed by atoms with Gasteiger partial charge in [-0.25, -0.2) is 0 Å². The Morgan fingerprint density at radius 2 is 1.84 bits per heavy atom. The van der Waals surface area contributed by atoms with Crippen LogP contribution >= 0.6 is 0 Å². The van der Waals surface area contributed by atoms with Gasteiger partial charge in [0.2, 0.25) is 0 Å². The van der Waals surface area contributed by atoms with Crippen molar-refractivity contribution in [2.45, 2.75) is 33.2 Å². The number of terminal acetylenes is 1. The van der Waals surface area contributed by atoms with Crippen molar-refractivity contribution in [1.29, 1.82) is 0 Å². The Labute approximate surface area is 116 Å². The SMILES string of the molecule is C#CC(NCCC)c1ccc(OCC)c(OCC)c1. The van der Waals surface area contributed by atoms with Gasteiger partial charge in [-0.1, -0.05) is 18.9 Å². The van der Waals surface area contributed by atoms with E-state index >= 15 is 0 Å². The lowest BCUT2D eigenvalue weighted by Gasteiger charge is -2.16. The summed E-state index contributed by atoms with van der Waals surface area (Å²) in [4.78, 5) is 0. The largest absolute Gasteiger partial charge is 0.490 e. The van der Waals surface area contributed by atoms with E-state index < -0.39 is 0 Å². The van der Waals surface area contributed by atoms with E-state index in [9.17, 15) is 0 Å². The van der Waals surface area contributed by atoms with E-state index in [0.717, 1.165) is 30.0 Å². The maximum atomic E-state index is 5.61. The zero-order valence-corrected chi connectivity index (χ0v) is 12.0. The Kier molecular flexibility index (Phi) is 6.84. The topological polar surface area (TPSA) is 30.5 Å². The summed E-state index contributed by atoms with van der Waals surface area (Å²) < 4.78 is 11.1. The summed E-state index contributed by atoms with van der Waals surface area (Å²) in [6.07, 6.45) is 6.63. The zero-order chi connectivity index (χ0) is 14.1. The molecule has 0 aliphatic carbocycles. The maximum Gasteiger partial charge on any atom is 0.161 e. The smallest absolute Gasteiger partial charge is 0.161 e. The molecule has 1 unspecified atom stereocenters. The van der Waals surface area contributed by atoms with Crippen LogP contribution in [0.15, 0.2) is 18.2 Å². The molecule has 0 radical (unpaired) electrons. The molecule has 0 aliphatic heterocycles. The van der Waals surface area contributed by atoms with Crippen molar-refractivity contribution in [3.05, 3.63) is 23.8 Å². The fourth-order valence-electron chi connectivity index (χ4n) is 1.81. The monoisotopic (exact) mass is 261 g/mol. The molecule has 0 spiro atoms. The van der Waals surface area contributed by atoms with Gasteiger partial charge < -0.3 is 14.8 Å². The molecule has 1 aromatic carbocycles. The van der Waals surface area contributed by atoms with E-state index in [2.05, 4.69) is 18.2 Å². The summed E-state index contributed by atoms with van der Waals surface area (Å²) in [5, 5.41) is 3.32. The minimum Gasteiger partial charge on any atom is -0.490 e. The Morgan fingerprint density at radius 3 is 2.42 bits per heavy atom. The molecule has 1 atom stereocenters. The Morgan fingerprint density at radius 1 is 1.16 bits per heavy atom. The number of benzene rings is 1. The molecular weight excluding hydrogens is 238 g/mol. The van der Waals surface area contributed by atoms with Gasteiger partial charge in [0.1, 0.15) is 0 Å².